The van der Waals surface area contributed by atoms with Gasteiger partial charge in [0.25, 0.3) is 0 Å². The van der Waals surface area contributed by atoms with Gasteiger partial charge in [-0.15, -0.1) is 0 Å². The number of rotatable bonds is 3. The molecule has 2 atom stereocenters. The molecule has 16 heavy (non-hydrogen) atoms. The van der Waals surface area contributed by atoms with Crippen molar-refractivity contribution < 1.29 is 18.3 Å². The van der Waals surface area contributed by atoms with Crippen LogP contribution >= 0.6 is 0 Å². The number of nitrogens with one attached hydrogen (secondary N) is 1. The number of hydrogen-bond acceptors (Lipinski definition) is 4. The van der Waals surface area contributed by atoms with Gasteiger partial charge in [0, 0.05) is 6.26 Å². The predicted octanol–water partition coefficient (Wildman–Crippen LogP) is 0.188. The molecule has 1 fully saturated rings. The molecular formula is C10H11NO4S. The molecule has 2 rings (SSSR count). The minimum Gasteiger partial charge on any atom is -0.480 e. The zero-order chi connectivity index (χ0) is 11.9. The van der Waals surface area contributed by atoms with Crippen molar-refractivity contribution in [2.75, 3.05) is 6.26 Å². The Labute approximate surface area is 93.0 Å². The predicted molar refractivity (Wildman–Crippen MR) is 56.9 cm³/mol. The molecule has 1 aromatic rings. The van der Waals surface area contributed by atoms with Crippen LogP contribution in [0.1, 0.15) is 11.6 Å². The van der Waals surface area contributed by atoms with Crippen LogP contribution in [0.25, 0.3) is 0 Å². The molecule has 0 radical (unpaired) electrons. The summed E-state index contributed by atoms with van der Waals surface area (Å²) in [6.07, 6.45) is 1.14. The Hall–Kier alpha value is -1.40. The summed E-state index contributed by atoms with van der Waals surface area (Å²) in [4.78, 5) is 10.9. The Morgan fingerprint density at radius 3 is 2.25 bits per heavy atom. The molecule has 2 N–H and O–H groups in total. The normalized spacial score (nSPS) is 24.1. The van der Waals surface area contributed by atoms with Crippen LogP contribution in [-0.4, -0.2) is 31.8 Å². The van der Waals surface area contributed by atoms with Gasteiger partial charge in [-0.3, -0.25) is 10.1 Å². The Kier molecular flexibility index (Phi) is 2.47. The average Bonchev–Trinajstić information content (AvgIpc) is 2.96. The molecule has 0 bridgehead atoms. The van der Waals surface area contributed by atoms with E-state index >= 15 is 0 Å². The van der Waals surface area contributed by atoms with Gasteiger partial charge in [-0.05, 0) is 17.7 Å². The Bertz CT molecular complexity index is 520. The molecule has 1 aliphatic heterocycles. The minimum absolute atomic E-state index is 0.203. The molecule has 1 aromatic carbocycles. The van der Waals surface area contributed by atoms with Crippen LogP contribution in [0, 0.1) is 0 Å². The summed E-state index contributed by atoms with van der Waals surface area (Å²) < 4.78 is 22.4. The molecule has 6 heteroatoms. The van der Waals surface area contributed by atoms with E-state index in [0.29, 0.717) is 0 Å². The van der Waals surface area contributed by atoms with E-state index in [1.54, 1.807) is 12.1 Å². The van der Waals surface area contributed by atoms with Gasteiger partial charge in [0.2, 0.25) is 0 Å². The Balaban J connectivity index is 2.19. The molecule has 1 aliphatic rings. The van der Waals surface area contributed by atoms with Gasteiger partial charge in [0.15, 0.2) is 9.84 Å². The van der Waals surface area contributed by atoms with Crippen LogP contribution in [-0.2, 0) is 14.6 Å². The number of sulfone groups is 1. The second-order valence-corrected chi connectivity index (χ2v) is 5.82. The van der Waals surface area contributed by atoms with Crippen LogP contribution in [0.4, 0.5) is 0 Å². The minimum atomic E-state index is -3.19. The first-order chi connectivity index (χ1) is 7.39. The van der Waals surface area contributed by atoms with E-state index in [9.17, 15) is 13.2 Å². The van der Waals surface area contributed by atoms with Crippen molar-refractivity contribution in [2.45, 2.75) is 17.0 Å². The van der Waals surface area contributed by atoms with Gasteiger partial charge in [-0.1, -0.05) is 12.1 Å². The van der Waals surface area contributed by atoms with Gasteiger partial charge in [0.1, 0.15) is 6.04 Å². The fourth-order valence-corrected chi connectivity index (χ4v) is 2.19. The third-order valence-electron chi connectivity index (χ3n) is 2.52. The zero-order valence-electron chi connectivity index (χ0n) is 8.54. The summed E-state index contributed by atoms with van der Waals surface area (Å²) in [5.74, 6) is -0.891. The number of hydrogen-bond donors (Lipinski definition) is 2. The molecule has 5 nitrogen and oxygen atoms in total. The van der Waals surface area contributed by atoms with Crippen LogP contribution in [0.2, 0.25) is 0 Å². The molecule has 0 aromatic heterocycles. The number of aliphatic carboxylic acids is 1. The number of benzene rings is 1. The quantitative estimate of drug-likeness (QED) is 0.737. The van der Waals surface area contributed by atoms with Crippen molar-refractivity contribution in [3.8, 4) is 0 Å². The van der Waals surface area contributed by atoms with Crippen LogP contribution in [0.5, 0.6) is 0 Å². The van der Waals surface area contributed by atoms with Crippen LogP contribution in [0.15, 0.2) is 29.2 Å². The van der Waals surface area contributed by atoms with E-state index in [0.717, 1.165) is 11.8 Å². The molecule has 1 heterocycles. The summed E-state index contributed by atoms with van der Waals surface area (Å²) in [5, 5.41) is 11.5. The lowest BCUT2D eigenvalue weighted by atomic mass is 10.1. The van der Waals surface area contributed by atoms with Gasteiger partial charge in [0.05, 0.1) is 10.9 Å². The first kappa shape index (κ1) is 11.1. The van der Waals surface area contributed by atoms with Crippen molar-refractivity contribution in [1.29, 1.82) is 0 Å². The van der Waals surface area contributed by atoms with Gasteiger partial charge in [-0.2, -0.15) is 0 Å². The highest BCUT2D eigenvalue weighted by Gasteiger charge is 2.43. The smallest absolute Gasteiger partial charge is 0.322 e. The van der Waals surface area contributed by atoms with Gasteiger partial charge >= 0.3 is 5.97 Å². The Morgan fingerprint density at radius 1 is 1.31 bits per heavy atom. The van der Waals surface area contributed by atoms with Crippen molar-refractivity contribution >= 4 is 15.8 Å². The van der Waals surface area contributed by atoms with E-state index in [-0.39, 0.29) is 10.9 Å². The third kappa shape index (κ3) is 2.07. The standard InChI is InChI=1S/C10H11NO4S/c1-16(14,15)7-4-2-6(3-5-7)8-9(11-8)10(12)13/h2-5,8-9,11H,1H3,(H,12,13). The summed E-state index contributed by atoms with van der Waals surface area (Å²) >= 11 is 0. The average molecular weight is 241 g/mol. The number of carbonyl (C=O) groups is 1. The van der Waals surface area contributed by atoms with Crippen LogP contribution in [0.3, 0.4) is 0 Å². The maximum absolute atomic E-state index is 11.2. The maximum atomic E-state index is 11.2. The SMILES string of the molecule is CS(=O)(=O)c1ccc(C2NC2C(=O)O)cc1. The zero-order valence-corrected chi connectivity index (χ0v) is 9.36. The summed E-state index contributed by atoms with van der Waals surface area (Å²) in [5.41, 5.74) is 0.791. The summed E-state index contributed by atoms with van der Waals surface area (Å²) in [7, 11) is -3.19. The maximum Gasteiger partial charge on any atom is 0.322 e. The second kappa shape index (κ2) is 3.57. The van der Waals surface area contributed by atoms with Gasteiger partial charge < -0.3 is 5.11 Å². The lowest BCUT2D eigenvalue weighted by molar-refractivity contribution is -0.136. The van der Waals surface area contributed by atoms with E-state index in [2.05, 4.69) is 5.32 Å². The fraction of sp³-hybridized carbons (Fsp3) is 0.300. The van der Waals surface area contributed by atoms with E-state index in [1.165, 1.54) is 12.1 Å². The third-order valence-corrected chi connectivity index (χ3v) is 3.65. The molecule has 0 spiro atoms. The molecule has 0 amide bonds. The van der Waals surface area contributed by atoms with Crippen molar-refractivity contribution in [1.82, 2.24) is 5.32 Å². The van der Waals surface area contributed by atoms with E-state index < -0.39 is 21.8 Å². The van der Waals surface area contributed by atoms with Crippen molar-refractivity contribution in [3.63, 3.8) is 0 Å². The second-order valence-electron chi connectivity index (χ2n) is 3.80. The summed E-state index contributed by atoms with van der Waals surface area (Å²) in [6, 6.07) is 5.50. The monoisotopic (exact) mass is 241 g/mol. The summed E-state index contributed by atoms with van der Waals surface area (Å²) in [6.45, 7) is 0. The molecule has 0 saturated carbocycles. The number of carboxylic acid groups (broad SMARTS) is 1. The van der Waals surface area contributed by atoms with Gasteiger partial charge in [-0.25, -0.2) is 8.42 Å². The Morgan fingerprint density at radius 2 is 1.88 bits per heavy atom. The largest absolute Gasteiger partial charge is 0.480 e. The van der Waals surface area contributed by atoms with E-state index in [4.69, 9.17) is 5.11 Å². The fourth-order valence-electron chi connectivity index (χ4n) is 1.56. The first-order valence-electron chi connectivity index (χ1n) is 4.68. The molecule has 1 saturated heterocycles. The topological polar surface area (TPSA) is 93.4 Å². The highest BCUT2D eigenvalue weighted by Crippen LogP contribution is 2.30. The van der Waals surface area contributed by atoms with Crippen molar-refractivity contribution in [2.24, 2.45) is 0 Å². The highest BCUT2D eigenvalue weighted by atomic mass is 32.2. The lowest BCUT2D eigenvalue weighted by Crippen LogP contribution is -2.07. The van der Waals surface area contributed by atoms with Crippen LogP contribution < -0.4 is 5.32 Å². The van der Waals surface area contributed by atoms with Crippen molar-refractivity contribution in [3.05, 3.63) is 29.8 Å². The lowest BCUT2D eigenvalue weighted by Gasteiger charge is -2.00. The molecular weight excluding hydrogens is 230 g/mol. The molecule has 2 unspecified atom stereocenters. The van der Waals surface area contributed by atoms with E-state index in [1.807, 2.05) is 0 Å². The highest BCUT2D eigenvalue weighted by molar-refractivity contribution is 7.90. The molecule has 0 aliphatic carbocycles. The number of carboxylic acids is 1. The first-order valence-corrected chi connectivity index (χ1v) is 6.57. The molecule has 86 valence electrons.